The number of nitrogens with one attached hydrogen (secondary N) is 1. The molecule has 0 amide bonds. The van der Waals surface area contributed by atoms with Crippen molar-refractivity contribution >= 4 is 5.78 Å². The third kappa shape index (κ3) is 2.17. The van der Waals surface area contributed by atoms with Crippen LogP contribution >= 0.6 is 0 Å². The minimum Gasteiger partial charge on any atom is -0.307 e. The lowest BCUT2D eigenvalue weighted by Crippen LogP contribution is -2.37. The molecule has 1 saturated heterocycles. The Labute approximate surface area is 97.1 Å². The summed E-state index contributed by atoms with van der Waals surface area (Å²) in [5.41, 5.74) is 1.28. The first-order valence-corrected chi connectivity index (χ1v) is 6.02. The molecule has 1 N–H and O–H groups in total. The molecule has 0 bridgehead atoms. The zero-order valence-electron chi connectivity index (χ0n) is 9.94. The molecule has 2 unspecified atom stereocenters. The van der Waals surface area contributed by atoms with Crippen LogP contribution in [0.2, 0.25) is 0 Å². The lowest BCUT2D eigenvalue weighted by atomic mass is 9.86. The molecule has 86 valence electrons. The van der Waals surface area contributed by atoms with Crippen LogP contribution in [0.25, 0.3) is 0 Å². The van der Waals surface area contributed by atoms with Gasteiger partial charge in [-0.05, 0) is 18.5 Å². The highest BCUT2D eigenvalue weighted by atomic mass is 16.1. The monoisotopic (exact) mass is 217 g/mol. The molecule has 0 saturated carbocycles. The third-order valence-electron chi connectivity index (χ3n) is 3.33. The van der Waals surface area contributed by atoms with Crippen molar-refractivity contribution in [1.29, 1.82) is 0 Å². The smallest absolute Gasteiger partial charge is 0.152 e. The van der Waals surface area contributed by atoms with Crippen molar-refractivity contribution in [2.45, 2.75) is 32.2 Å². The summed E-state index contributed by atoms with van der Waals surface area (Å²) in [6, 6.07) is 10.4. The standard InChI is InChI=1S/C14H19NO/c1-10(2)14(16)13-12(8-9-15-13)11-6-4-3-5-7-11/h3-7,10,12-13,15H,8-9H2,1-2H3. The van der Waals surface area contributed by atoms with Gasteiger partial charge >= 0.3 is 0 Å². The molecule has 16 heavy (non-hydrogen) atoms. The van der Waals surface area contributed by atoms with Crippen LogP contribution in [0.5, 0.6) is 0 Å². The van der Waals surface area contributed by atoms with E-state index in [1.807, 2.05) is 32.0 Å². The van der Waals surface area contributed by atoms with E-state index in [0.717, 1.165) is 13.0 Å². The maximum absolute atomic E-state index is 12.1. The molecule has 1 aliphatic heterocycles. The summed E-state index contributed by atoms with van der Waals surface area (Å²) in [6.07, 6.45) is 1.06. The Bertz CT molecular complexity index is 358. The van der Waals surface area contributed by atoms with E-state index < -0.39 is 0 Å². The van der Waals surface area contributed by atoms with E-state index in [4.69, 9.17) is 0 Å². The van der Waals surface area contributed by atoms with Gasteiger partial charge in [0.25, 0.3) is 0 Å². The highest BCUT2D eigenvalue weighted by Crippen LogP contribution is 2.29. The number of rotatable bonds is 3. The summed E-state index contributed by atoms with van der Waals surface area (Å²) in [6.45, 7) is 4.90. The van der Waals surface area contributed by atoms with Crippen molar-refractivity contribution in [3.8, 4) is 0 Å². The molecule has 2 heteroatoms. The van der Waals surface area contributed by atoms with Crippen LogP contribution in [0, 0.1) is 5.92 Å². The van der Waals surface area contributed by atoms with Crippen molar-refractivity contribution in [1.82, 2.24) is 5.32 Å². The van der Waals surface area contributed by atoms with Gasteiger partial charge in [0.05, 0.1) is 6.04 Å². The Kier molecular flexibility index (Phi) is 3.39. The van der Waals surface area contributed by atoms with E-state index in [1.54, 1.807) is 0 Å². The lowest BCUT2D eigenvalue weighted by molar-refractivity contribution is -0.123. The van der Waals surface area contributed by atoms with E-state index in [-0.39, 0.29) is 12.0 Å². The highest BCUT2D eigenvalue weighted by molar-refractivity contribution is 5.87. The van der Waals surface area contributed by atoms with Crippen LogP contribution in [-0.4, -0.2) is 18.4 Å². The normalized spacial score (nSPS) is 24.9. The maximum Gasteiger partial charge on any atom is 0.152 e. The molecule has 1 fully saturated rings. The van der Waals surface area contributed by atoms with E-state index in [9.17, 15) is 4.79 Å². The number of hydrogen-bond donors (Lipinski definition) is 1. The second-order valence-corrected chi connectivity index (χ2v) is 4.79. The van der Waals surface area contributed by atoms with Crippen LogP contribution < -0.4 is 5.32 Å². The predicted octanol–water partition coefficient (Wildman–Crippen LogP) is 2.36. The second kappa shape index (κ2) is 4.79. The largest absolute Gasteiger partial charge is 0.307 e. The summed E-state index contributed by atoms with van der Waals surface area (Å²) >= 11 is 0. The summed E-state index contributed by atoms with van der Waals surface area (Å²) in [5, 5.41) is 3.34. The van der Waals surface area contributed by atoms with Gasteiger partial charge in [0.15, 0.2) is 5.78 Å². The quantitative estimate of drug-likeness (QED) is 0.842. The fraction of sp³-hybridized carbons (Fsp3) is 0.500. The number of ketones is 1. The van der Waals surface area contributed by atoms with Gasteiger partial charge in [-0.25, -0.2) is 0 Å². The molecule has 2 nitrogen and oxygen atoms in total. The van der Waals surface area contributed by atoms with Crippen molar-refractivity contribution < 1.29 is 4.79 Å². The molecule has 1 aromatic carbocycles. The molecule has 0 aromatic heterocycles. The Morgan fingerprint density at radius 2 is 2.00 bits per heavy atom. The topological polar surface area (TPSA) is 29.1 Å². The molecule has 0 radical (unpaired) electrons. The van der Waals surface area contributed by atoms with E-state index in [2.05, 4.69) is 17.4 Å². The second-order valence-electron chi connectivity index (χ2n) is 4.79. The van der Waals surface area contributed by atoms with Gasteiger partial charge in [-0.1, -0.05) is 44.2 Å². The fourth-order valence-electron chi connectivity index (χ4n) is 2.42. The molecule has 1 aliphatic rings. The average molecular weight is 217 g/mol. The Morgan fingerprint density at radius 1 is 1.31 bits per heavy atom. The first kappa shape index (κ1) is 11.3. The van der Waals surface area contributed by atoms with Crippen LogP contribution in [0.3, 0.4) is 0 Å². The molecule has 0 spiro atoms. The molecular formula is C14H19NO. The number of carbonyl (C=O) groups excluding carboxylic acids is 1. The Balaban J connectivity index is 2.19. The van der Waals surface area contributed by atoms with Gasteiger partial charge in [0.2, 0.25) is 0 Å². The van der Waals surface area contributed by atoms with E-state index in [1.165, 1.54) is 5.56 Å². The van der Waals surface area contributed by atoms with Crippen LogP contribution in [0.4, 0.5) is 0 Å². The first-order valence-electron chi connectivity index (χ1n) is 6.02. The molecule has 1 aromatic rings. The fourth-order valence-corrected chi connectivity index (χ4v) is 2.42. The SMILES string of the molecule is CC(C)C(=O)C1NCCC1c1ccccc1. The summed E-state index contributed by atoms with van der Waals surface area (Å²) in [5.74, 6) is 0.810. The van der Waals surface area contributed by atoms with Crippen molar-refractivity contribution in [3.05, 3.63) is 35.9 Å². The molecular weight excluding hydrogens is 198 g/mol. The van der Waals surface area contributed by atoms with Gasteiger partial charge in [-0.3, -0.25) is 4.79 Å². The Morgan fingerprint density at radius 3 is 2.62 bits per heavy atom. The summed E-state index contributed by atoms with van der Waals surface area (Å²) in [4.78, 5) is 12.1. The maximum atomic E-state index is 12.1. The van der Waals surface area contributed by atoms with Gasteiger partial charge in [-0.2, -0.15) is 0 Å². The number of carbonyl (C=O) groups is 1. The van der Waals surface area contributed by atoms with Gasteiger partial charge in [0.1, 0.15) is 0 Å². The first-order chi connectivity index (χ1) is 7.70. The van der Waals surface area contributed by atoms with Crippen LogP contribution in [0.1, 0.15) is 31.7 Å². The van der Waals surface area contributed by atoms with E-state index in [0.29, 0.717) is 11.7 Å². The predicted molar refractivity (Wildman–Crippen MR) is 65.4 cm³/mol. The van der Waals surface area contributed by atoms with Gasteiger partial charge in [0, 0.05) is 11.8 Å². The summed E-state index contributed by atoms with van der Waals surface area (Å²) < 4.78 is 0. The zero-order chi connectivity index (χ0) is 11.5. The Hall–Kier alpha value is -1.15. The average Bonchev–Trinajstić information content (AvgIpc) is 2.77. The molecule has 2 atom stereocenters. The van der Waals surface area contributed by atoms with Crippen LogP contribution in [-0.2, 0) is 4.79 Å². The minimum absolute atomic E-state index is 0.0161. The third-order valence-corrected chi connectivity index (χ3v) is 3.33. The number of benzene rings is 1. The van der Waals surface area contributed by atoms with Crippen LogP contribution in [0.15, 0.2) is 30.3 Å². The number of hydrogen-bond acceptors (Lipinski definition) is 2. The zero-order valence-corrected chi connectivity index (χ0v) is 9.94. The van der Waals surface area contributed by atoms with Crippen molar-refractivity contribution in [2.75, 3.05) is 6.54 Å². The molecule has 2 rings (SSSR count). The minimum atomic E-state index is 0.0161. The van der Waals surface area contributed by atoms with Crippen molar-refractivity contribution in [2.24, 2.45) is 5.92 Å². The molecule has 1 heterocycles. The van der Waals surface area contributed by atoms with Crippen molar-refractivity contribution in [3.63, 3.8) is 0 Å². The van der Waals surface area contributed by atoms with E-state index >= 15 is 0 Å². The lowest BCUT2D eigenvalue weighted by Gasteiger charge is -2.20. The molecule has 0 aliphatic carbocycles. The number of Topliss-reactive ketones (excluding diaryl/α,β-unsaturated/α-hetero) is 1. The highest BCUT2D eigenvalue weighted by Gasteiger charge is 2.34. The van der Waals surface area contributed by atoms with Gasteiger partial charge in [-0.15, -0.1) is 0 Å². The summed E-state index contributed by atoms with van der Waals surface area (Å²) in [7, 11) is 0. The van der Waals surface area contributed by atoms with Gasteiger partial charge < -0.3 is 5.32 Å².